The average molecular weight is 756 g/mol. The maximum absolute atomic E-state index is 11.8. The third-order valence-corrected chi connectivity index (χ3v) is 8.53. The van der Waals surface area contributed by atoms with Crippen LogP contribution in [0.2, 0.25) is 0 Å². The Morgan fingerprint density at radius 3 is 1.37 bits per heavy atom. The zero-order valence-electron chi connectivity index (χ0n) is 27.4. The Labute approximate surface area is 302 Å². The highest BCUT2D eigenvalue weighted by Gasteiger charge is 2.17. The lowest BCUT2D eigenvalue weighted by Gasteiger charge is -2.07. The Kier molecular flexibility index (Phi) is 16.4. The average Bonchev–Trinajstić information content (AvgIpc) is 3.84. The van der Waals surface area contributed by atoms with Crippen molar-refractivity contribution in [1.82, 2.24) is 9.97 Å². The fourth-order valence-corrected chi connectivity index (χ4v) is 5.65. The summed E-state index contributed by atoms with van der Waals surface area (Å²) in [5, 5.41) is 8.51. The lowest BCUT2D eigenvalue weighted by Crippen LogP contribution is -2.05. The molecule has 0 aliphatic rings. The van der Waals surface area contributed by atoms with Crippen LogP contribution >= 0.6 is 38.6 Å². The van der Waals surface area contributed by atoms with E-state index in [0.717, 1.165) is 28.0 Å². The summed E-state index contributed by atoms with van der Waals surface area (Å²) in [6.07, 6.45) is 0. The van der Waals surface area contributed by atoms with Gasteiger partial charge in [-0.2, -0.15) is 0 Å². The van der Waals surface area contributed by atoms with Gasteiger partial charge in [-0.3, -0.25) is 5.41 Å². The van der Waals surface area contributed by atoms with E-state index >= 15 is 0 Å². The number of methoxy groups -OCH3 is 2. The van der Waals surface area contributed by atoms with E-state index < -0.39 is 11.9 Å². The molecule has 250 valence electrons. The van der Waals surface area contributed by atoms with Gasteiger partial charge in [0.05, 0.1) is 36.7 Å². The van der Waals surface area contributed by atoms with Crippen LogP contribution in [-0.2, 0) is 9.47 Å². The lowest BCUT2D eigenvalue weighted by molar-refractivity contribution is 0.0586. The van der Waals surface area contributed by atoms with Crippen molar-refractivity contribution in [3.63, 3.8) is 0 Å². The second-order valence-electron chi connectivity index (χ2n) is 9.26. The van der Waals surface area contributed by atoms with E-state index in [4.69, 9.17) is 15.1 Å². The van der Waals surface area contributed by atoms with Gasteiger partial charge < -0.3 is 9.47 Å². The van der Waals surface area contributed by atoms with Crippen LogP contribution in [0.5, 0.6) is 0 Å². The molecule has 6 rings (SSSR count). The summed E-state index contributed by atoms with van der Waals surface area (Å²) in [5.74, 6) is -0.890. The number of benzene rings is 4. The minimum atomic E-state index is -0.481. The number of rotatable bonds is 7. The Bertz CT molecular complexity index is 1830. The molecule has 0 radical (unpaired) electrons. The third-order valence-electron chi connectivity index (χ3n) is 6.26. The number of ether oxygens (including phenoxy) is 2. The van der Waals surface area contributed by atoms with Gasteiger partial charge in [0, 0.05) is 11.1 Å². The standard InChI is InChI=1S/C18H14N2O2S.C13H11N.C5H4BrNO2S.C2H6/c1-22-18(21)16-17(23-12-19-16)20-15(13-8-4-2-5-9-13)14-10-6-3-7-11-14;14-13(11-7-3-1-4-8-11)12-9-5-2-6-10-12;1-9-5(8)3-4(6)10-2-7-3;1-2/h2-12H,1H3;1-10,14H;2H,1H3;1-2H3. The number of nitrogens with zero attached hydrogens (tertiary/aromatic N) is 3. The zero-order chi connectivity index (χ0) is 35.4. The van der Waals surface area contributed by atoms with Crippen molar-refractivity contribution in [1.29, 1.82) is 5.41 Å². The topological polar surface area (TPSA) is 115 Å². The Balaban J connectivity index is 0.000000213. The number of hydrogen-bond donors (Lipinski definition) is 1. The van der Waals surface area contributed by atoms with Gasteiger partial charge in [-0.25, -0.2) is 24.5 Å². The number of aromatic nitrogens is 2. The van der Waals surface area contributed by atoms with Crippen LogP contribution in [0.1, 0.15) is 57.1 Å². The highest BCUT2D eigenvalue weighted by Crippen LogP contribution is 2.27. The normalized spacial score (nSPS) is 9.57. The molecule has 0 unspecified atom stereocenters. The number of aliphatic imine (C=N–C) groups is 1. The summed E-state index contributed by atoms with van der Waals surface area (Å²) in [6.45, 7) is 4.00. The molecule has 0 bridgehead atoms. The van der Waals surface area contributed by atoms with Crippen LogP contribution in [0.4, 0.5) is 5.00 Å². The second-order valence-corrected chi connectivity index (χ2v) is 12.3. The van der Waals surface area contributed by atoms with Crippen molar-refractivity contribution < 1.29 is 19.1 Å². The first-order valence-corrected chi connectivity index (χ1v) is 17.6. The highest BCUT2D eigenvalue weighted by molar-refractivity contribution is 9.11. The number of nitrogens with one attached hydrogen (secondary N) is 1. The molecule has 2 heterocycles. The van der Waals surface area contributed by atoms with Crippen molar-refractivity contribution in [2.75, 3.05) is 14.2 Å². The SMILES string of the molecule is CC.COC(=O)c1ncsc1Br.COC(=O)c1ncsc1N=C(c1ccccc1)c1ccccc1.N=C(c1ccccc1)c1ccccc1. The Hall–Kier alpha value is -5.10. The van der Waals surface area contributed by atoms with Crippen LogP contribution in [-0.4, -0.2) is 47.5 Å². The van der Waals surface area contributed by atoms with Crippen LogP contribution < -0.4 is 0 Å². The molecule has 8 nitrogen and oxygen atoms in total. The predicted octanol–water partition coefficient (Wildman–Crippen LogP) is 9.92. The summed E-state index contributed by atoms with van der Waals surface area (Å²) < 4.78 is 9.92. The van der Waals surface area contributed by atoms with E-state index in [-0.39, 0.29) is 5.69 Å². The van der Waals surface area contributed by atoms with Crippen molar-refractivity contribution in [2.24, 2.45) is 4.99 Å². The van der Waals surface area contributed by atoms with Crippen molar-refractivity contribution in [3.05, 3.63) is 170 Å². The predicted molar refractivity (Wildman–Crippen MR) is 203 cm³/mol. The molecule has 0 aliphatic heterocycles. The number of carbonyl (C=O) groups excluding carboxylic acids is 2. The molecule has 6 aromatic rings. The van der Waals surface area contributed by atoms with Gasteiger partial charge in [0.25, 0.3) is 0 Å². The van der Waals surface area contributed by atoms with Gasteiger partial charge in [0.15, 0.2) is 16.4 Å². The van der Waals surface area contributed by atoms with Crippen molar-refractivity contribution >= 4 is 67.0 Å². The van der Waals surface area contributed by atoms with Gasteiger partial charge in [-0.15, -0.1) is 22.7 Å². The second kappa shape index (κ2) is 21.0. The smallest absolute Gasteiger partial charge is 0.359 e. The first-order chi connectivity index (χ1) is 23.9. The van der Waals surface area contributed by atoms with Gasteiger partial charge in [0.2, 0.25) is 0 Å². The van der Waals surface area contributed by atoms with Crippen LogP contribution in [0.25, 0.3) is 0 Å². The Morgan fingerprint density at radius 2 is 0.980 bits per heavy atom. The minimum absolute atomic E-state index is 0.238. The van der Waals surface area contributed by atoms with Gasteiger partial charge in [-0.05, 0) is 27.1 Å². The van der Waals surface area contributed by atoms with Gasteiger partial charge >= 0.3 is 11.9 Å². The highest BCUT2D eigenvalue weighted by atomic mass is 79.9. The zero-order valence-corrected chi connectivity index (χ0v) is 30.6. The lowest BCUT2D eigenvalue weighted by atomic mass is 10.0. The number of esters is 2. The molecule has 4 aromatic carbocycles. The molecule has 49 heavy (non-hydrogen) atoms. The molecule has 0 aliphatic carbocycles. The molecule has 0 spiro atoms. The molecule has 0 amide bonds. The third kappa shape index (κ3) is 11.5. The fraction of sp³-hybridized carbons (Fsp3) is 0.105. The molecule has 0 atom stereocenters. The number of halogens is 1. The molecular formula is C38H35BrN4O4S2. The Morgan fingerprint density at radius 1 is 0.612 bits per heavy atom. The maximum atomic E-state index is 11.8. The fourth-order valence-electron chi connectivity index (χ4n) is 3.98. The molecule has 0 fully saturated rings. The molecule has 1 N–H and O–H groups in total. The number of hydrogen-bond acceptors (Lipinski definition) is 10. The molecular weight excluding hydrogens is 720 g/mol. The maximum Gasteiger partial charge on any atom is 0.359 e. The van der Waals surface area contributed by atoms with Gasteiger partial charge in [0.1, 0.15) is 3.79 Å². The van der Waals surface area contributed by atoms with E-state index in [0.29, 0.717) is 20.2 Å². The van der Waals surface area contributed by atoms with E-state index in [9.17, 15) is 9.59 Å². The summed E-state index contributed by atoms with van der Waals surface area (Å²) >= 11 is 5.83. The largest absolute Gasteiger partial charge is 0.464 e. The number of thiazole rings is 2. The molecule has 0 saturated carbocycles. The van der Waals surface area contributed by atoms with Crippen LogP contribution in [0, 0.1) is 5.41 Å². The summed E-state index contributed by atoms with van der Waals surface area (Å²) in [5.41, 5.74) is 8.99. The van der Waals surface area contributed by atoms with Gasteiger partial charge in [-0.1, -0.05) is 135 Å². The molecule has 2 aromatic heterocycles. The van der Waals surface area contributed by atoms with Crippen molar-refractivity contribution in [2.45, 2.75) is 13.8 Å². The molecule has 11 heteroatoms. The number of carbonyl (C=O) groups is 2. The summed E-state index contributed by atoms with van der Waals surface area (Å²) in [7, 11) is 2.67. The van der Waals surface area contributed by atoms with Crippen molar-refractivity contribution in [3.8, 4) is 0 Å². The first-order valence-electron chi connectivity index (χ1n) is 15.0. The van der Waals surface area contributed by atoms with E-state index in [1.54, 1.807) is 11.0 Å². The van der Waals surface area contributed by atoms with E-state index in [1.807, 2.05) is 135 Å². The minimum Gasteiger partial charge on any atom is -0.464 e. The van der Waals surface area contributed by atoms with E-state index in [1.165, 1.54) is 36.9 Å². The van der Waals surface area contributed by atoms with E-state index in [2.05, 4.69) is 30.6 Å². The summed E-state index contributed by atoms with van der Waals surface area (Å²) in [4.78, 5) is 35.1. The summed E-state index contributed by atoms with van der Waals surface area (Å²) in [6, 6.07) is 39.3. The van der Waals surface area contributed by atoms with Crippen LogP contribution in [0.15, 0.2) is 141 Å². The molecule has 0 saturated heterocycles. The van der Waals surface area contributed by atoms with Crippen LogP contribution in [0.3, 0.4) is 0 Å². The quantitative estimate of drug-likeness (QED) is 0.128. The first kappa shape index (κ1) is 38.3. The monoisotopic (exact) mass is 754 g/mol.